The Morgan fingerprint density at radius 3 is 2.35 bits per heavy atom. The van der Waals surface area contributed by atoms with E-state index in [4.69, 9.17) is 9.47 Å². The van der Waals surface area contributed by atoms with Crippen LogP contribution in [0, 0.1) is 17.8 Å². The third kappa shape index (κ3) is 3.87. The van der Waals surface area contributed by atoms with Crippen LogP contribution in [0.5, 0.6) is 11.5 Å². The van der Waals surface area contributed by atoms with E-state index in [0.717, 1.165) is 19.3 Å². The van der Waals surface area contributed by atoms with Gasteiger partial charge in [-0.05, 0) is 61.6 Å². The molecule has 2 aromatic rings. The van der Waals surface area contributed by atoms with Crippen LogP contribution >= 0.6 is 0 Å². The number of methoxy groups -OCH3 is 2. The summed E-state index contributed by atoms with van der Waals surface area (Å²) in [7, 11) is 3.07. The number of amides is 3. The highest BCUT2D eigenvalue weighted by Gasteiger charge is 2.49. The van der Waals surface area contributed by atoms with Gasteiger partial charge in [-0.3, -0.25) is 19.3 Å². The van der Waals surface area contributed by atoms with Crippen molar-refractivity contribution in [1.29, 1.82) is 0 Å². The van der Waals surface area contributed by atoms with Crippen LogP contribution in [-0.4, -0.2) is 31.9 Å². The number of rotatable bonds is 5. The van der Waals surface area contributed by atoms with Crippen molar-refractivity contribution < 1.29 is 23.9 Å². The van der Waals surface area contributed by atoms with E-state index in [1.807, 2.05) is 0 Å². The van der Waals surface area contributed by atoms with Gasteiger partial charge >= 0.3 is 0 Å². The molecule has 1 saturated heterocycles. The van der Waals surface area contributed by atoms with Gasteiger partial charge in [-0.15, -0.1) is 0 Å². The molecule has 3 atom stereocenters. The first-order chi connectivity index (χ1) is 14.9. The second kappa shape index (κ2) is 8.41. The number of carbonyl (C=O) groups excluding carboxylic acids is 3. The maximum absolute atomic E-state index is 12.9. The minimum absolute atomic E-state index is 0.123. The Kier molecular flexibility index (Phi) is 5.67. The lowest BCUT2D eigenvalue weighted by molar-refractivity contribution is -0.122. The molecule has 31 heavy (non-hydrogen) atoms. The maximum Gasteiger partial charge on any atom is 0.255 e. The smallest absolute Gasteiger partial charge is 0.255 e. The van der Waals surface area contributed by atoms with Crippen molar-refractivity contribution in [2.45, 2.75) is 26.2 Å². The van der Waals surface area contributed by atoms with Crippen LogP contribution in [0.25, 0.3) is 0 Å². The van der Waals surface area contributed by atoms with Gasteiger partial charge < -0.3 is 14.8 Å². The van der Waals surface area contributed by atoms with Crippen molar-refractivity contribution in [1.82, 2.24) is 0 Å². The lowest BCUT2D eigenvalue weighted by Gasteiger charge is -2.25. The fourth-order valence-corrected chi connectivity index (χ4v) is 4.50. The van der Waals surface area contributed by atoms with E-state index < -0.39 is 0 Å². The van der Waals surface area contributed by atoms with Crippen molar-refractivity contribution in [2.75, 3.05) is 24.4 Å². The number of fused-ring (bicyclic) bond motifs is 1. The van der Waals surface area contributed by atoms with E-state index in [1.165, 1.54) is 12.0 Å². The Morgan fingerprint density at radius 1 is 0.968 bits per heavy atom. The van der Waals surface area contributed by atoms with E-state index in [1.54, 1.807) is 49.6 Å². The van der Waals surface area contributed by atoms with Crippen molar-refractivity contribution in [3.63, 3.8) is 0 Å². The zero-order valence-electron chi connectivity index (χ0n) is 17.9. The second-order valence-electron chi connectivity index (χ2n) is 8.21. The van der Waals surface area contributed by atoms with Crippen LogP contribution in [-0.2, 0) is 9.59 Å². The summed E-state index contributed by atoms with van der Waals surface area (Å²) in [6.45, 7) is 2.13. The molecule has 2 fully saturated rings. The van der Waals surface area contributed by atoms with Gasteiger partial charge in [-0.25, -0.2) is 0 Å². The number of benzene rings is 2. The zero-order chi connectivity index (χ0) is 22.1. The number of anilines is 2. The quantitative estimate of drug-likeness (QED) is 0.739. The van der Waals surface area contributed by atoms with Crippen molar-refractivity contribution in [3.05, 3.63) is 48.0 Å². The van der Waals surface area contributed by atoms with E-state index in [9.17, 15) is 14.4 Å². The Balaban J connectivity index is 1.50. The monoisotopic (exact) mass is 422 g/mol. The molecule has 1 N–H and O–H groups in total. The summed E-state index contributed by atoms with van der Waals surface area (Å²) in [5, 5.41) is 2.81. The minimum atomic E-state index is -0.323. The molecule has 0 radical (unpaired) electrons. The number of nitrogens with zero attached hydrogens (tertiary/aromatic N) is 1. The molecule has 1 aliphatic heterocycles. The number of hydrogen-bond acceptors (Lipinski definition) is 5. The molecular formula is C24H26N2O5. The first-order valence-corrected chi connectivity index (χ1v) is 10.4. The second-order valence-corrected chi connectivity index (χ2v) is 8.21. The number of nitrogens with one attached hydrogen (secondary N) is 1. The molecule has 0 bridgehead atoms. The molecular weight excluding hydrogens is 396 g/mol. The summed E-state index contributed by atoms with van der Waals surface area (Å²) in [6, 6.07) is 11.6. The fourth-order valence-electron chi connectivity index (χ4n) is 4.50. The van der Waals surface area contributed by atoms with Crippen LogP contribution < -0.4 is 19.7 Å². The van der Waals surface area contributed by atoms with Gasteiger partial charge in [0.05, 0.1) is 37.4 Å². The van der Waals surface area contributed by atoms with E-state index in [-0.39, 0.29) is 29.6 Å². The SMILES string of the molecule is COc1ccc(NC(=O)c2ccc(N3C(=O)[C@H]4CC[C@@H](C)C[C@H]4C3=O)cc2)c(OC)c1. The Morgan fingerprint density at radius 2 is 1.68 bits per heavy atom. The van der Waals surface area contributed by atoms with Crippen molar-refractivity contribution >= 4 is 29.1 Å². The molecule has 0 unspecified atom stereocenters. The predicted octanol–water partition coefficient (Wildman–Crippen LogP) is 3.88. The Labute approximate surface area is 181 Å². The molecule has 4 rings (SSSR count). The summed E-state index contributed by atoms with van der Waals surface area (Å²) in [4.78, 5) is 39.7. The van der Waals surface area contributed by atoms with Crippen molar-refractivity contribution in [3.8, 4) is 11.5 Å². The summed E-state index contributed by atoms with van der Waals surface area (Å²) < 4.78 is 10.5. The van der Waals surface area contributed by atoms with Crippen LogP contribution in [0.4, 0.5) is 11.4 Å². The van der Waals surface area contributed by atoms with E-state index >= 15 is 0 Å². The van der Waals surface area contributed by atoms with Gasteiger partial charge in [0.1, 0.15) is 11.5 Å². The lowest BCUT2D eigenvalue weighted by Crippen LogP contribution is -2.30. The molecule has 7 nitrogen and oxygen atoms in total. The highest BCUT2D eigenvalue weighted by Crippen LogP contribution is 2.42. The molecule has 1 heterocycles. The van der Waals surface area contributed by atoms with Crippen LogP contribution in [0.15, 0.2) is 42.5 Å². The topological polar surface area (TPSA) is 84.9 Å². The first-order valence-electron chi connectivity index (χ1n) is 10.4. The predicted molar refractivity (Wildman–Crippen MR) is 116 cm³/mol. The molecule has 162 valence electrons. The molecule has 3 amide bonds. The van der Waals surface area contributed by atoms with Crippen LogP contribution in [0.1, 0.15) is 36.5 Å². The van der Waals surface area contributed by atoms with E-state index in [2.05, 4.69) is 12.2 Å². The molecule has 7 heteroatoms. The fraction of sp³-hybridized carbons (Fsp3) is 0.375. The first kappa shape index (κ1) is 20.9. The summed E-state index contributed by atoms with van der Waals surface area (Å²) in [5.74, 6) is 0.554. The van der Waals surface area contributed by atoms with Gasteiger partial charge in [0, 0.05) is 11.6 Å². The average molecular weight is 422 g/mol. The van der Waals surface area contributed by atoms with Gasteiger partial charge in [-0.1, -0.05) is 6.92 Å². The number of ether oxygens (including phenoxy) is 2. The lowest BCUT2D eigenvalue weighted by atomic mass is 9.76. The number of carbonyl (C=O) groups is 3. The third-order valence-electron chi connectivity index (χ3n) is 6.23. The van der Waals surface area contributed by atoms with Crippen molar-refractivity contribution in [2.24, 2.45) is 17.8 Å². The standard InChI is InChI=1S/C24H26N2O5/c1-14-4-10-18-19(12-14)24(29)26(23(18)28)16-7-5-15(6-8-16)22(27)25-20-11-9-17(30-2)13-21(20)31-3/h5-9,11,13-14,18-19H,4,10,12H2,1-3H3,(H,25,27)/t14-,18+,19-/m1/s1. The third-order valence-corrected chi connectivity index (χ3v) is 6.23. The maximum atomic E-state index is 12.9. The van der Waals surface area contributed by atoms with Gasteiger partial charge in [0.15, 0.2) is 0 Å². The van der Waals surface area contributed by atoms with Gasteiger partial charge in [0.25, 0.3) is 5.91 Å². The minimum Gasteiger partial charge on any atom is -0.497 e. The molecule has 0 aromatic heterocycles. The van der Waals surface area contributed by atoms with Gasteiger partial charge in [0.2, 0.25) is 11.8 Å². The molecule has 2 aromatic carbocycles. The van der Waals surface area contributed by atoms with Gasteiger partial charge in [-0.2, -0.15) is 0 Å². The highest BCUT2D eigenvalue weighted by molar-refractivity contribution is 6.22. The van der Waals surface area contributed by atoms with E-state index in [0.29, 0.717) is 34.4 Å². The zero-order valence-corrected chi connectivity index (χ0v) is 17.9. The Hall–Kier alpha value is -3.35. The molecule has 0 spiro atoms. The molecule has 1 aliphatic carbocycles. The number of imide groups is 1. The molecule has 2 aliphatic rings. The Bertz CT molecular complexity index is 1020. The highest BCUT2D eigenvalue weighted by atomic mass is 16.5. The average Bonchev–Trinajstić information content (AvgIpc) is 3.03. The summed E-state index contributed by atoms with van der Waals surface area (Å²) in [5.41, 5.74) is 1.43. The van der Waals surface area contributed by atoms with Crippen LogP contribution in [0.2, 0.25) is 0 Å². The summed E-state index contributed by atoms with van der Waals surface area (Å²) >= 11 is 0. The summed E-state index contributed by atoms with van der Waals surface area (Å²) in [6.07, 6.45) is 2.50. The number of hydrogen-bond donors (Lipinski definition) is 1. The molecule has 1 saturated carbocycles. The normalized spacial score (nSPS) is 22.8. The largest absolute Gasteiger partial charge is 0.497 e. The van der Waals surface area contributed by atoms with Crippen LogP contribution in [0.3, 0.4) is 0 Å².